The molecule has 3 N–H and O–H groups in total. The van der Waals surface area contributed by atoms with E-state index in [0.29, 0.717) is 11.1 Å². The van der Waals surface area contributed by atoms with Crippen molar-refractivity contribution in [3.8, 4) is 0 Å². The van der Waals surface area contributed by atoms with E-state index in [-0.39, 0.29) is 31.1 Å². The van der Waals surface area contributed by atoms with Crippen molar-refractivity contribution in [2.45, 2.75) is 77.5 Å². The van der Waals surface area contributed by atoms with Gasteiger partial charge in [-0.3, -0.25) is 4.79 Å². The summed E-state index contributed by atoms with van der Waals surface area (Å²) < 4.78 is 22.7. The van der Waals surface area contributed by atoms with Crippen molar-refractivity contribution in [2.75, 3.05) is 13.7 Å². The van der Waals surface area contributed by atoms with Gasteiger partial charge in [0.1, 0.15) is 12.2 Å². The molecule has 4 fully saturated rings. The minimum atomic E-state index is -2.22. The first-order valence-corrected chi connectivity index (χ1v) is 13.3. The Hall–Kier alpha value is -2.76. The molecule has 2 aliphatic heterocycles. The summed E-state index contributed by atoms with van der Waals surface area (Å²) in [5.74, 6) is -6.26. The fourth-order valence-corrected chi connectivity index (χ4v) is 8.37. The van der Waals surface area contributed by atoms with E-state index < -0.39 is 82.3 Å². The molecule has 2 bridgehead atoms. The molecule has 39 heavy (non-hydrogen) atoms. The maximum absolute atomic E-state index is 13.5. The number of Topliss-reactive ketones (excluding diaryl/α,β-unsaturated/α-hetero) is 1. The number of fused-ring (bicyclic) bond motifs is 2. The summed E-state index contributed by atoms with van der Waals surface area (Å²) in [5, 5.41) is 33.7. The Morgan fingerprint density at radius 2 is 1.85 bits per heavy atom. The zero-order valence-corrected chi connectivity index (χ0v) is 22.9. The summed E-state index contributed by atoms with van der Waals surface area (Å²) in [5.41, 5.74) is -3.43. The van der Waals surface area contributed by atoms with E-state index >= 15 is 0 Å². The Kier molecular flexibility index (Phi) is 6.32. The van der Waals surface area contributed by atoms with Crippen LogP contribution in [0, 0.1) is 34.5 Å². The van der Waals surface area contributed by atoms with Gasteiger partial charge in [0.15, 0.2) is 11.5 Å². The summed E-state index contributed by atoms with van der Waals surface area (Å²) >= 11 is 0. The van der Waals surface area contributed by atoms with E-state index in [4.69, 9.17) is 18.9 Å². The molecule has 10 atom stereocenters. The Bertz CT molecular complexity index is 1200. The first-order chi connectivity index (χ1) is 18.2. The number of allylic oxidation sites excluding steroid dienone is 3. The molecular weight excluding hydrogens is 512 g/mol. The van der Waals surface area contributed by atoms with Crippen molar-refractivity contribution in [2.24, 2.45) is 34.5 Å². The van der Waals surface area contributed by atoms with Crippen LogP contribution in [0.15, 0.2) is 23.0 Å². The summed E-state index contributed by atoms with van der Waals surface area (Å²) in [4.78, 5) is 52.8. The molecule has 5 rings (SSSR count). The molecule has 1 spiro atoms. The summed E-state index contributed by atoms with van der Waals surface area (Å²) in [6.07, 6.45) is -4.75. The van der Waals surface area contributed by atoms with E-state index in [1.165, 1.54) is 6.08 Å². The van der Waals surface area contributed by atoms with Crippen LogP contribution >= 0.6 is 0 Å². The molecule has 0 aromatic carbocycles. The second-order valence-electron chi connectivity index (χ2n) is 12.3. The fourth-order valence-electron chi connectivity index (χ4n) is 8.37. The lowest BCUT2D eigenvalue weighted by atomic mass is 9.38. The highest BCUT2D eigenvalue weighted by Crippen LogP contribution is 2.72. The van der Waals surface area contributed by atoms with Gasteiger partial charge in [0.05, 0.1) is 25.7 Å². The van der Waals surface area contributed by atoms with Gasteiger partial charge < -0.3 is 34.3 Å². The molecule has 11 heteroatoms. The largest absolute Gasteiger partial charge is 0.504 e. The highest BCUT2D eigenvalue weighted by atomic mass is 16.6. The lowest BCUT2D eigenvalue weighted by Crippen LogP contribution is -2.79. The van der Waals surface area contributed by atoms with Crippen LogP contribution in [0.3, 0.4) is 0 Å². The summed E-state index contributed by atoms with van der Waals surface area (Å²) in [6.45, 7) is 8.72. The zero-order valence-electron chi connectivity index (χ0n) is 22.9. The molecule has 0 aromatic heterocycles. The average molecular weight is 549 g/mol. The number of ether oxygens (including phenoxy) is 4. The Morgan fingerprint density at radius 1 is 1.18 bits per heavy atom. The third kappa shape index (κ3) is 3.39. The molecule has 2 heterocycles. The van der Waals surface area contributed by atoms with Gasteiger partial charge in [-0.25, -0.2) is 14.4 Å². The van der Waals surface area contributed by atoms with Crippen molar-refractivity contribution >= 4 is 23.7 Å². The second kappa shape index (κ2) is 8.87. The molecule has 0 amide bonds. The molecular formula is C28H36O11. The van der Waals surface area contributed by atoms with E-state index in [1.54, 1.807) is 20.8 Å². The highest BCUT2D eigenvalue weighted by molar-refractivity contribution is 5.95. The van der Waals surface area contributed by atoms with Crippen LogP contribution in [-0.4, -0.2) is 82.7 Å². The SMILES string of the molecule is COC(=O)[C@]12OC[C@@]34[C@@H]1[C@@H](OC(=O)/C=C(\C)C(C)C)C(=O)O[C@@H]3C[C@H]1C(C)=C(O)C(=O)C[C@]1(C)[C@@H]4[C@@H](O)[C@@H]2O. The minimum Gasteiger partial charge on any atom is -0.504 e. The second-order valence-corrected chi connectivity index (χ2v) is 12.3. The summed E-state index contributed by atoms with van der Waals surface area (Å²) in [6, 6.07) is 0. The normalized spacial score (nSPS) is 44.9. The predicted octanol–water partition coefficient (Wildman–Crippen LogP) is 1.15. The van der Waals surface area contributed by atoms with Crippen molar-refractivity contribution in [1.82, 2.24) is 0 Å². The third-order valence-electron chi connectivity index (χ3n) is 10.3. The lowest BCUT2D eigenvalue weighted by Gasteiger charge is -2.67. The molecule has 2 saturated heterocycles. The van der Waals surface area contributed by atoms with Gasteiger partial charge in [-0.1, -0.05) is 26.3 Å². The van der Waals surface area contributed by atoms with Crippen LogP contribution in [0.4, 0.5) is 0 Å². The predicted molar refractivity (Wildman–Crippen MR) is 132 cm³/mol. The number of aliphatic hydroxyl groups excluding tert-OH is 3. The van der Waals surface area contributed by atoms with Crippen molar-refractivity contribution in [1.29, 1.82) is 0 Å². The molecule has 11 nitrogen and oxygen atoms in total. The van der Waals surface area contributed by atoms with Gasteiger partial charge in [-0.2, -0.15) is 0 Å². The topological polar surface area (TPSA) is 166 Å². The third-order valence-corrected chi connectivity index (χ3v) is 10.3. The maximum atomic E-state index is 13.5. The molecule has 0 aromatic rings. The van der Waals surface area contributed by atoms with E-state index in [9.17, 15) is 34.5 Å². The van der Waals surface area contributed by atoms with Crippen LogP contribution in [-0.2, 0) is 38.1 Å². The molecule has 0 unspecified atom stereocenters. The Labute approximate surface area is 226 Å². The van der Waals surface area contributed by atoms with Gasteiger partial charge in [-0.05, 0) is 43.1 Å². The standard InChI is InChI=1S/C28H36O11/c1-11(2)12(3)7-17(30)39-20-22-27-10-37-28(22,25(35)36-6)23(33)19(32)21(27)26(5)9-15(29)18(31)13(4)14(26)8-16(27)38-24(20)34/h7,11,14,16,19-23,31-33H,8-10H2,1-6H3/b12-7+/t14-,16+,19+,20+,21-,22-,23-,26-,27+,28-/m0/s1. The van der Waals surface area contributed by atoms with Gasteiger partial charge in [0.2, 0.25) is 11.7 Å². The number of rotatable bonds is 4. The smallest absolute Gasteiger partial charge is 0.348 e. The first kappa shape index (κ1) is 27.8. The average Bonchev–Trinajstić information content (AvgIpc) is 3.18. The van der Waals surface area contributed by atoms with Crippen molar-refractivity contribution in [3.63, 3.8) is 0 Å². The fraction of sp³-hybridized carbons (Fsp3) is 0.714. The minimum absolute atomic E-state index is 0.0302. The van der Waals surface area contributed by atoms with Crippen LogP contribution < -0.4 is 0 Å². The molecule has 5 aliphatic rings. The van der Waals surface area contributed by atoms with Crippen LogP contribution in [0.25, 0.3) is 0 Å². The highest BCUT2D eigenvalue weighted by Gasteiger charge is 2.85. The van der Waals surface area contributed by atoms with E-state index in [2.05, 4.69) is 0 Å². The number of esters is 3. The van der Waals surface area contributed by atoms with Crippen LogP contribution in [0.5, 0.6) is 0 Å². The molecule has 3 aliphatic carbocycles. The van der Waals surface area contributed by atoms with E-state index in [1.807, 2.05) is 13.8 Å². The Morgan fingerprint density at radius 3 is 2.46 bits per heavy atom. The van der Waals surface area contributed by atoms with Crippen molar-refractivity contribution in [3.05, 3.63) is 23.0 Å². The number of hydrogen-bond acceptors (Lipinski definition) is 11. The van der Waals surface area contributed by atoms with Gasteiger partial charge in [-0.15, -0.1) is 0 Å². The number of hydrogen-bond donors (Lipinski definition) is 3. The Balaban J connectivity index is 1.71. The molecule has 2 saturated carbocycles. The van der Waals surface area contributed by atoms with Gasteiger partial charge >= 0.3 is 17.9 Å². The van der Waals surface area contributed by atoms with Crippen molar-refractivity contribution < 1.29 is 53.4 Å². The summed E-state index contributed by atoms with van der Waals surface area (Å²) in [7, 11) is 1.10. The molecule has 214 valence electrons. The first-order valence-electron chi connectivity index (χ1n) is 13.3. The van der Waals surface area contributed by atoms with Crippen LogP contribution in [0.1, 0.15) is 47.5 Å². The van der Waals surface area contributed by atoms with Crippen LogP contribution in [0.2, 0.25) is 0 Å². The number of carbonyl (C=O) groups is 4. The van der Waals surface area contributed by atoms with Gasteiger partial charge in [0.25, 0.3) is 0 Å². The zero-order chi connectivity index (χ0) is 28.8. The monoisotopic (exact) mass is 548 g/mol. The number of methoxy groups -OCH3 is 1. The lowest BCUT2D eigenvalue weighted by molar-refractivity contribution is -0.290. The number of ketones is 1. The number of carbonyl (C=O) groups excluding carboxylic acids is 4. The van der Waals surface area contributed by atoms with E-state index in [0.717, 1.165) is 7.11 Å². The van der Waals surface area contributed by atoms with Gasteiger partial charge in [0, 0.05) is 23.8 Å². The quantitative estimate of drug-likeness (QED) is 0.262. The molecule has 0 radical (unpaired) electrons. The maximum Gasteiger partial charge on any atom is 0.348 e. The number of aliphatic hydroxyl groups is 3.